The number of hydrogen-bond donors (Lipinski definition) is 2. The van der Waals surface area contributed by atoms with E-state index in [1.807, 2.05) is 30.3 Å². The average molecular weight is 492 g/mol. The number of aromatic nitrogens is 2. The molecular formula is C25H25N5O4S. The zero-order valence-corrected chi connectivity index (χ0v) is 20.4. The molecule has 0 atom stereocenters. The predicted octanol–water partition coefficient (Wildman–Crippen LogP) is 3.79. The molecule has 1 aliphatic rings. The van der Waals surface area contributed by atoms with Crippen molar-refractivity contribution in [2.24, 2.45) is 0 Å². The highest BCUT2D eigenvalue weighted by Crippen LogP contribution is 2.45. The van der Waals surface area contributed by atoms with Crippen LogP contribution in [0.5, 0.6) is 11.5 Å². The van der Waals surface area contributed by atoms with Crippen LogP contribution < -0.4 is 24.8 Å². The molecule has 10 heteroatoms. The Morgan fingerprint density at radius 2 is 1.74 bits per heavy atom. The summed E-state index contributed by atoms with van der Waals surface area (Å²) < 4.78 is 37.9. The molecular weight excluding hydrogens is 466 g/mol. The second-order valence-electron chi connectivity index (χ2n) is 8.37. The second-order valence-corrected chi connectivity index (χ2v) is 10.1. The van der Waals surface area contributed by atoms with Gasteiger partial charge >= 0.3 is 0 Å². The molecule has 0 amide bonds. The number of anilines is 3. The molecule has 0 unspecified atom stereocenters. The number of para-hydroxylation sites is 1. The first-order chi connectivity index (χ1) is 16.8. The number of ether oxygens (including phenoxy) is 2. The smallest absolute Gasteiger partial charge is 0.229 e. The van der Waals surface area contributed by atoms with Crippen molar-refractivity contribution in [3.8, 4) is 22.9 Å². The van der Waals surface area contributed by atoms with E-state index in [1.54, 1.807) is 38.6 Å². The Labute approximate surface area is 203 Å². The van der Waals surface area contributed by atoms with Gasteiger partial charge in [-0.25, -0.2) is 18.4 Å². The van der Waals surface area contributed by atoms with Crippen molar-refractivity contribution in [1.82, 2.24) is 9.97 Å². The predicted molar refractivity (Wildman–Crippen MR) is 137 cm³/mol. The van der Waals surface area contributed by atoms with Crippen LogP contribution in [0.4, 0.5) is 17.1 Å². The third-order valence-electron chi connectivity index (χ3n) is 5.98. The molecule has 1 aliphatic heterocycles. The van der Waals surface area contributed by atoms with Crippen LogP contribution in [0.25, 0.3) is 22.3 Å². The number of nitrogens with one attached hydrogen (secondary N) is 1. The van der Waals surface area contributed by atoms with E-state index in [2.05, 4.69) is 14.6 Å². The minimum atomic E-state index is -3.46. The SMILES string of the molecule is COc1ccc(NS(C)(=O)=O)c2c1CN(c1cc(N)cc(OC)c1-c1ncc3ccccc3n1)C2. The van der Waals surface area contributed by atoms with E-state index < -0.39 is 10.0 Å². The van der Waals surface area contributed by atoms with Gasteiger partial charge in [0.15, 0.2) is 5.82 Å². The minimum Gasteiger partial charge on any atom is -0.496 e. The molecule has 2 heterocycles. The molecule has 0 saturated carbocycles. The van der Waals surface area contributed by atoms with Crippen molar-refractivity contribution in [1.29, 1.82) is 0 Å². The van der Waals surface area contributed by atoms with E-state index in [9.17, 15) is 8.42 Å². The van der Waals surface area contributed by atoms with Crippen molar-refractivity contribution in [3.63, 3.8) is 0 Å². The summed E-state index contributed by atoms with van der Waals surface area (Å²) in [6, 6.07) is 14.9. The molecule has 3 N–H and O–H groups in total. The number of nitrogens with two attached hydrogens (primary N) is 1. The van der Waals surface area contributed by atoms with Crippen molar-refractivity contribution in [3.05, 3.63) is 65.9 Å². The molecule has 1 aromatic heterocycles. The zero-order chi connectivity index (χ0) is 24.7. The molecule has 0 bridgehead atoms. The number of nitrogens with zero attached hydrogens (tertiary/aromatic N) is 3. The Bertz CT molecular complexity index is 1560. The summed E-state index contributed by atoms with van der Waals surface area (Å²) in [5.74, 6) is 1.74. The molecule has 0 saturated heterocycles. The molecule has 0 aliphatic carbocycles. The van der Waals surface area contributed by atoms with Crippen LogP contribution in [-0.4, -0.2) is 38.9 Å². The van der Waals surface area contributed by atoms with Gasteiger partial charge in [0.25, 0.3) is 0 Å². The summed E-state index contributed by atoms with van der Waals surface area (Å²) in [4.78, 5) is 11.5. The molecule has 5 rings (SSSR count). The Balaban J connectivity index is 1.65. The maximum absolute atomic E-state index is 12.0. The summed E-state index contributed by atoms with van der Waals surface area (Å²) in [5.41, 5.74) is 11.3. The van der Waals surface area contributed by atoms with Crippen molar-refractivity contribution in [2.45, 2.75) is 13.1 Å². The minimum absolute atomic E-state index is 0.428. The third kappa shape index (κ3) is 4.28. The van der Waals surface area contributed by atoms with Gasteiger partial charge in [0, 0.05) is 47.6 Å². The maximum Gasteiger partial charge on any atom is 0.229 e. The average Bonchev–Trinajstić information content (AvgIpc) is 3.28. The fourth-order valence-electron chi connectivity index (χ4n) is 4.47. The molecule has 35 heavy (non-hydrogen) atoms. The highest BCUT2D eigenvalue weighted by atomic mass is 32.2. The van der Waals surface area contributed by atoms with E-state index in [1.165, 1.54) is 0 Å². The lowest BCUT2D eigenvalue weighted by atomic mass is 10.1. The van der Waals surface area contributed by atoms with Gasteiger partial charge in [-0.15, -0.1) is 0 Å². The van der Waals surface area contributed by atoms with Crippen LogP contribution in [0.1, 0.15) is 11.1 Å². The van der Waals surface area contributed by atoms with Gasteiger partial charge in [-0.05, 0) is 24.3 Å². The van der Waals surface area contributed by atoms with E-state index in [4.69, 9.17) is 20.2 Å². The lowest BCUT2D eigenvalue weighted by Crippen LogP contribution is -2.17. The summed E-state index contributed by atoms with van der Waals surface area (Å²) in [6.07, 6.45) is 2.92. The molecule has 0 spiro atoms. The lowest BCUT2D eigenvalue weighted by Gasteiger charge is -2.23. The summed E-state index contributed by atoms with van der Waals surface area (Å²) in [7, 11) is -0.280. The molecule has 4 aromatic rings. The topological polar surface area (TPSA) is 120 Å². The Hall–Kier alpha value is -4.05. The Morgan fingerprint density at radius 1 is 1.00 bits per heavy atom. The van der Waals surface area contributed by atoms with Crippen molar-refractivity contribution < 1.29 is 17.9 Å². The first kappa shape index (κ1) is 22.7. The van der Waals surface area contributed by atoms with Gasteiger partial charge in [0.2, 0.25) is 10.0 Å². The first-order valence-electron chi connectivity index (χ1n) is 10.9. The van der Waals surface area contributed by atoms with Crippen LogP contribution in [0.2, 0.25) is 0 Å². The highest BCUT2D eigenvalue weighted by molar-refractivity contribution is 7.92. The highest BCUT2D eigenvalue weighted by Gasteiger charge is 2.30. The zero-order valence-electron chi connectivity index (χ0n) is 19.6. The van der Waals surface area contributed by atoms with Gasteiger partial charge in [-0.1, -0.05) is 18.2 Å². The maximum atomic E-state index is 12.0. The van der Waals surface area contributed by atoms with Gasteiger partial charge in [-0.3, -0.25) is 4.72 Å². The number of methoxy groups -OCH3 is 2. The molecule has 9 nitrogen and oxygen atoms in total. The van der Waals surface area contributed by atoms with Gasteiger partial charge in [0.05, 0.1) is 42.9 Å². The first-order valence-corrected chi connectivity index (χ1v) is 12.8. The van der Waals surface area contributed by atoms with Crippen LogP contribution in [0.3, 0.4) is 0 Å². The van der Waals surface area contributed by atoms with Crippen LogP contribution >= 0.6 is 0 Å². The van der Waals surface area contributed by atoms with Crippen LogP contribution in [0.15, 0.2) is 54.7 Å². The van der Waals surface area contributed by atoms with Gasteiger partial charge in [0.1, 0.15) is 11.5 Å². The van der Waals surface area contributed by atoms with Crippen LogP contribution in [-0.2, 0) is 23.1 Å². The number of hydrogen-bond acceptors (Lipinski definition) is 8. The van der Waals surface area contributed by atoms with Crippen molar-refractivity contribution >= 4 is 38.0 Å². The lowest BCUT2D eigenvalue weighted by molar-refractivity contribution is 0.410. The number of benzene rings is 3. The molecule has 180 valence electrons. The quantitative estimate of drug-likeness (QED) is 0.391. The Morgan fingerprint density at radius 3 is 2.49 bits per heavy atom. The van der Waals surface area contributed by atoms with Gasteiger partial charge in [-0.2, -0.15) is 0 Å². The standard InChI is InChI=1S/C25H25N5O4S/c1-33-22-9-8-20(29-35(3,31)32)17-13-30(14-18(17)22)21-10-16(26)11-23(34-2)24(21)25-27-12-15-6-4-5-7-19(15)28-25/h4-12,29H,13-14,26H2,1-3H3. The number of nitrogen functional groups attached to an aromatic ring is 1. The van der Waals surface area contributed by atoms with E-state index in [-0.39, 0.29) is 0 Å². The number of rotatable bonds is 6. The monoisotopic (exact) mass is 491 g/mol. The molecule has 3 aromatic carbocycles. The Kier molecular flexibility index (Phi) is 5.60. The number of sulfonamides is 1. The van der Waals surface area contributed by atoms with Gasteiger partial charge < -0.3 is 20.1 Å². The van der Waals surface area contributed by atoms with Crippen LogP contribution in [0, 0.1) is 0 Å². The fourth-order valence-corrected chi connectivity index (χ4v) is 5.06. The van der Waals surface area contributed by atoms with Crippen molar-refractivity contribution in [2.75, 3.05) is 35.8 Å². The van der Waals surface area contributed by atoms with E-state index in [0.717, 1.165) is 34.0 Å². The fraction of sp³-hybridized carbons (Fsp3) is 0.200. The second kappa shape index (κ2) is 8.62. The number of fused-ring (bicyclic) bond motifs is 2. The third-order valence-corrected chi connectivity index (χ3v) is 6.57. The van der Waals surface area contributed by atoms with E-state index in [0.29, 0.717) is 47.4 Å². The summed E-state index contributed by atoms with van der Waals surface area (Å²) in [5, 5.41) is 0.932. The normalized spacial score (nSPS) is 13.1. The summed E-state index contributed by atoms with van der Waals surface area (Å²) >= 11 is 0. The molecule has 0 fully saturated rings. The molecule has 0 radical (unpaired) electrons. The summed E-state index contributed by atoms with van der Waals surface area (Å²) in [6.45, 7) is 0.905. The largest absolute Gasteiger partial charge is 0.496 e. The van der Waals surface area contributed by atoms with E-state index >= 15 is 0 Å².